The molecule has 0 aliphatic heterocycles. The Kier molecular flexibility index (Phi) is 5.30. The van der Waals surface area contributed by atoms with E-state index in [1.54, 1.807) is 0 Å². The normalized spacial score (nSPS) is 29.0. The predicted octanol–water partition coefficient (Wildman–Crippen LogP) is 3.65. The quantitative estimate of drug-likeness (QED) is 0.728. The molecule has 0 aromatic carbocycles. The molecule has 1 fully saturated rings. The molecule has 1 saturated carbocycles. The van der Waals surface area contributed by atoms with Gasteiger partial charge in [-0.3, -0.25) is 4.79 Å². The van der Waals surface area contributed by atoms with Gasteiger partial charge in [-0.25, -0.2) is 4.79 Å². The predicted molar refractivity (Wildman–Crippen MR) is 84.1 cm³/mol. The van der Waals surface area contributed by atoms with Gasteiger partial charge in [0.2, 0.25) is 0 Å². The highest BCUT2D eigenvalue weighted by molar-refractivity contribution is 5.90. The molecule has 22 heavy (non-hydrogen) atoms. The van der Waals surface area contributed by atoms with E-state index in [4.69, 9.17) is 9.47 Å². The monoisotopic (exact) mass is 308 g/mol. The summed E-state index contributed by atoms with van der Waals surface area (Å²) >= 11 is 0. The van der Waals surface area contributed by atoms with Crippen molar-refractivity contribution >= 4 is 11.9 Å². The molecule has 2 aliphatic carbocycles. The molecule has 0 heterocycles. The van der Waals surface area contributed by atoms with Crippen molar-refractivity contribution in [2.24, 2.45) is 17.3 Å². The van der Waals surface area contributed by atoms with Crippen molar-refractivity contribution in [1.29, 1.82) is 0 Å². The van der Waals surface area contributed by atoms with Gasteiger partial charge in [-0.15, -0.1) is 0 Å². The fraction of sp³-hybridized carbons (Fsp3) is 0.778. The highest BCUT2D eigenvalue weighted by atomic mass is 16.5. The Bertz CT molecular complexity index is 479. The lowest BCUT2D eigenvalue weighted by molar-refractivity contribution is -0.150. The van der Waals surface area contributed by atoms with Crippen LogP contribution in [0.2, 0.25) is 0 Å². The molecule has 0 bridgehead atoms. The van der Waals surface area contributed by atoms with E-state index in [-0.39, 0.29) is 29.2 Å². The molecule has 2 rings (SSSR count). The second kappa shape index (κ2) is 6.84. The second-order valence-electron chi connectivity index (χ2n) is 6.63. The highest BCUT2D eigenvalue weighted by Crippen LogP contribution is 2.57. The van der Waals surface area contributed by atoms with Crippen molar-refractivity contribution in [3.63, 3.8) is 0 Å². The molecular weight excluding hydrogens is 280 g/mol. The van der Waals surface area contributed by atoms with Crippen molar-refractivity contribution in [2.75, 3.05) is 13.2 Å². The Balaban J connectivity index is 2.28. The maximum absolute atomic E-state index is 12.2. The maximum atomic E-state index is 12.2. The number of fused-ring (bicyclic) bond motifs is 1. The zero-order valence-corrected chi connectivity index (χ0v) is 14.2. The van der Waals surface area contributed by atoms with Crippen LogP contribution in [-0.4, -0.2) is 25.2 Å². The van der Waals surface area contributed by atoms with Crippen LogP contribution < -0.4 is 0 Å². The number of esters is 2. The second-order valence-corrected chi connectivity index (χ2v) is 6.63. The molecule has 0 amide bonds. The molecule has 0 saturated heterocycles. The van der Waals surface area contributed by atoms with E-state index in [0.717, 1.165) is 37.7 Å². The molecule has 4 heteroatoms. The van der Waals surface area contributed by atoms with Crippen LogP contribution in [0.1, 0.15) is 59.8 Å². The fourth-order valence-electron chi connectivity index (χ4n) is 4.43. The zero-order valence-electron chi connectivity index (χ0n) is 14.2. The summed E-state index contributed by atoms with van der Waals surface area (Å²) in [5.74, 6) is -0.138. The number of ether oxygens (including phenoxy) is 2. The number of carbonyl (C=O) groups excluding carboxylic acids is 2. The summed E-state index contributed by atoms with van der Waals surface area (Å²) in [6.45, 7) is 8.69. The molecule has 0 spiro atoms. The van der Waals surface area contributed by atoms with Crippen molar-refractivity contribution in [1.82, 2.24) is 0 Å². The van der Waals surface area contributed by atoms with Crippen LogP contribution in [0.3, 0.4) is 0 Å². The average molecular weight is 308 g/mol. The number of hydrogen-bond acceptors (Lipinski definition) is 4. The Morgan fingerprint density at radius 3 is 2.55 bits per heavy atom. The number of hydrogen-bond donors (Lipinski definition) is 0. The van der Waals surface area contributed by atoms with Crippen molar-refractivity contribution in [2.45, 2.75) is 59.8 Å². The van der Waals surface area contributed by atoms with Gasteiger partial charge < -0.3 is 9.47 Å². The van der Waals surface area contributed by atoms with Crippen molar-refractivity contribution in [3.05, 3.63) is 11.1 Å². The standard InChI is InChI=1S/C18H28O4/c1-5-21-16(19)12(3)14-9-10-15-13(17(20)22-6-2)8-7-11-18(14,15)4/h12,14H,5-11H2,1-4H3/t12-,14?,18+/m0/s1. The smallest absolute Gasteiger partial charge is 0.333 e. The van der Waals surface area contributed by atoms with E-state index in [2.05, 4.69) is 6.92 Å². The number of allylic oxidation sites excluding steroid dienone is 1. The van der Waals surface area contributed by atoms with Gasteiger partial charge in [0, 0.05) is 5.57 Å². The Morgan fingerprint density at radius 1 is 1.23 bits per heavy atom. The van der Waals surface area contributed by atoms with Crippen molar-refractivity contribution < 1.29 is 19.1 Å². The Labute approximate surface area is 133 Å². The molecule has 1 unspecified atom stereocenters. The molecule has 0 radical (unpaired) electrons. The van der Waals surface area contributed by atoms with E-state index < -0.39 is 0 Å². The Morgan fingerprint density at radius 2 is 1.91 bits per heavy atom. The van der Waals surface area contributed by atoms with Gasteiger partial charge in [-0.2, -0.15) is 0 Å². The lowest BCUT2D eigenvalue weighted by Crippen LogP contribution is -2.35. The summed E-state index contributed by atoms with van der Waals surface area (Å²) in [6.07, 6.45) is 4.69. The SMILES string of the molecule is CCOC(=O)C1=C2CCC([C@H](C)C(=O)OCC)[C@@]2(C)CCC1. The lowest BCUT2D eigenvalue weighted by Gasteiger charge is -2.39. The van der Waals surface area contributed by atoms with Crippen LogP contribution in [0.15, 0.2) is 11.1 Å². The summed E-state index contributed by atoms with van der Waals surface area (Å²) in [7, 11) is 0. The van der Waals surface area contributed by atoms with Gasteiger partial charge in [0.1, 0.15) is 0 Å². The molecule has 3 atom stereocenters. The molecule has 0 aromatic rings. The van der Waals surface area contributed by atoms with E-state index in [0.29, 0.717) is 13.2 Å². The van der Waals surface area contributed by atoms with Gasteiger partial charge in [-0.05, 0) is 57.3 Å². The summed E-state index contributed by atoms with van der Waals surface area (Å²) < 4.78 is 10.4. The van der Waals surface area contributed by atoms with E-state index in [1.807, 2.05) is 20.8 Å². The van der Waals surface area contributed by atoms with Crippen LogP contribution in [-0.2, 0) is 19.1 Å². The van der Waals surface area contributed by atoms with Gasteiger partial charge >= 0.3 is 11.9 Å². The molecule has 4 nitrogen and oxygen atoms in total. The third-order valence-corrected chi connectivity index (χ3v) is 5.48. The molecule has 2 aliphatic rings. The van der Waals surface area contributed by atoms with Crippen LogP contribution in [0, 0.1) is 17.3 Å². The van der Waals surface area contributed by atoms with Gasteiger partial charge in [-0.1, -0.05) is 19.4 Å². The maximum Gasteiger partial charge on any atom is 0.333 e. The first kappa shape index (κ1) is 17.0. The summed E-state index contributed by atoms with van der Waals surface area (Å²) in [5, 5.41) is 0. The number of rotatable bonds is 5. The van der Waals surface area contributed by atoms with E-state index in [1.165, 1.54) is 5.57 Å². The first-order valence-electron chi connectivity index (χ1n) is 8.52. The lowest BCUT2D eigenvalue weighted by atomic mass is 9.65. The van der Waals surface area contributed by atoms with Crippen LogP contribution in [0.4, 0.5) is 0 Å². The van der Waals surface area contributed by atoms with E-state index >= 15 is 0 Å². The van der Waals surface area contributed by atoms with Crippen molar-refractivity contribution in [3.8, 4) is 0 Å². The molecular formula is C18H28O4. The highest BCUT2D eigenvalue weighted by Gasteiger charge is 2.50. The average Bonchev–Trinajstić information content (AvgIpc) is 2.83. The molecule has 0 aromatic heterocycles. The minimum absolute atomic E-state index is 0.0630. The number of carbonyl (C=O) groups is 2. The van der Waals surface area contributed by atoms with Crippen LogP contribution in [0.25, 0.3) is 0 Å². The first-order chi connectivity index (χ1) is 10.5. The van der Waals surface area contributed by atoms with E-state index in [9.17, 15) is 9.59 Å². The molecule has 0 N–H and O–H groups in total. The first-order valence-corrected chi connectivity index (χ1v) is 8.52. The summed E-state index contributed by atoms with van der Waals surface area (Å²) in [5.41, 5.74) is 2.04. The van der Waals surface area contributed by atoms with Gasteiger partial charge in [0.05, 0.1) is 19.1 Å². The minimum atomic E-state index is -0.159. The topological polar surface area (TPSA) is 52.6 Å². The third-order valence-electron chi connectivity index (χ3n) is 5.48. The summed E-state index contributed by atoms with van der Waals surface area (Å²) in [4.78, 5) is 24.4. The zero-order chi connectivity index (χ0) is 16.3. The van der Waals surface area contributed by atoms with Gasteiger partial charge in [0.15, 0.2) is 0 Å². The van der Waals surface area contributed by atoms with Crippen LogP contribution >= 0.6 is 0 Å². The van der Waals surface area contributed by atoms with Crippen LogP contribution in [0.5, 0.6) is 0 Å². The largest absolute Gasteiger partial charge is 0.466 e. The Hall–Kier alpha value is -1.32. The van der Waals surface area contributed by atoms with Gasteiger partial charge in [0.25, 0.3) is 0 Å². The minimum Gasteiger partial charge on any atom is -0.466 e. The third kappa shape index (κ3) is 2.92. The fourth-order valence-corrected chi connectivity index (χ4v) is 4.43. The molecule has 124 valence electrons. The summed E-state index contributed by atoms with van der Waals surface area (Å²) in [6, 6.07) is 0.